The second-order valence-electron chi connectivity index (χ2n) is 3.41. The van der Waals surface area contributed by atoms with Crippen LogP contribution in [0.5, 0.6) is 0 Å². The minimum atomic E-state index is -0.995. The van der Waals surface area contributed by atoms with Gasteiger partial charge in [0, 0.05) is 0 Å². The van der Waals surface area contributed by atoms with E-state index in [2.05, 4.69) is 21.0 Å². The van der Waals surface area contributed by atoms with E-state index in [0.717, 1.165) is 11.3 Å². The number of aromatic nitrogens is 2. The fourth-order valence-electron chi connectivity index (χ4n) is 1.42. The van der Waals surface area contributed by atoms with Crippen LogP contribution in [0, 0.1) is 6.92 Å². The number of hydrogen-bond donors (Lipinski definition) is 1. The highest BCUT2D eigenvalue weighted by Gasteiger charge is 2.14. The summed E-state index contributed by atoms with van der Waals surface area (Å²) in [6.45, 7) is 1.97. The molecule has 0 aliphatic carbocycles. The van der Waals surface area contributed by atoms with Crippen LogP contribution in [0.2, 0.25) is 0 Å². The first-order chi connectivity index (χ1) is 7.59. The summed E-state index contributed by atoms with van der Waals surface area (Å²) < 4.78 is 2.00. The third kappa shape index (κ3) is 1.86. The lowest BCUT2D eigenvalue weighted by Crippen LogP contribution is -1.99. The minimum absolute atomic E-state index is 0.154. The van der Waals surface area contributed by atoms with Crippen molar-refractivity contribution in [2.75, 3.05) is 0 Å². The van der Waals surface area contributed by atoms with Crippen LogP contribution in [-0.2, 0) is 0 Å². The molecule has 5 heteroatoms. The summed E-state index contributed by atoms with van der Waals surface area (Å²) >= 11 is 3.23. The van der Waals surface area contributed by atoms with E-state index in [1.807, 2.05) is 31.2 Å². The molecule has 1 aromatic heterocycles. The van der Waals surface area contributed by atoms with E-state index < -0.39 is 5.97 Å². The zero-order valence-corrected chi connectivity index (χ0v) is 10.1. The SMILES string of the molecule is Cc1cccc(-n2ncc(C(=O)O)c2Br)c1. The number of halogens is 1. The normalized spacial score (nSPS) is 10.4. The molecule has 4 nitrogen and oxygen atoms in total. The number of aromatic carboxylic acids is 1. The third-order valence-corrected chi connectivity index (χ3v) is 2.95. The van der Waals surface area contributed by atoms with Gasteiger partial charge in [-0.2, -0.15) is 5.10 Å². The van der Waals surface area contributed by atoms with Gasteiger partial charge < -0.3 is 5.11 Å². The summed E-state index contributed by atoms with van der Waals surface area (Å²) in [6, 6.07) is 7.68. The molecule has 1 aromatic carbocycles. The number of nitrogens with zero attached hydrogens (tertiary/aromatic N) is 2. The molecule has 0 fully saturated rings. The van der Waals surface area contributed by atoms with Crippen molar-refractivity contribution in [3.63, 3.8) is 0 Å². The number of rotatable bonds is 2. The van der Waals surface area contributed by atoms with Crippen molar-refractivity contribution in [2.24, 2.45) is 0 Å². The fourth-order valence-corrected chi connectivity index (χ4v) is 1.98. The lowest BCUT2D eigenvalue weighted by Gasteiger charge is -2.04. The number of aryl methyl sites for hydroxylation is 1. The molecule has 0 aliphatic rings. The van der Waals surface area contributed by atoms with Crippen molar-refractivity contribution in [3.05, 3.63) is 46.2 Å². The van der Waals surface area contributed by atoms with E-state index in [0.29, 0.717) is 4.60 Å². The summed E-state index contributed by atoms with van der Waals surface area (Å²) in [4.78, 5) is 10.9. The van der Waals surface area contributed by atoms with Crippen molar-refractivity contribution < 1.29 is 9.90 Å². The van der Waals surface area contributed by atoms with Gasteiger partial charge in [-0.15, -0.1) is 0 Å². The lowest BCUT2D eigenvalue weighted by molar-refractivity contribution is 0.0696. The number of carboxylic acids is 1. The lowest BCUT2D eigenvalue weighted by atomic mass is 10.2. The van der Waals surface area contributed by atoms with Crippen LogP contribution in [0.4, 0.5) is 0 Å². The minimum Gasteiger partial charge on any atom is -0.478 e. The van der Waals surface area contributed by atoms with E-state index in [1.54, 1.807) is 4.68 Å². The van der Waals surface area contributed by atoms with Gasteiger partial charge in [0.25, 0.3) is 0 Å². The maximum absolute atomic E-state index is 10.9. The van der Waals surface area contributed by atoms with Crippen LogP contribution in [0.1, 0.15) is 15.9 Å². The maximum Gasteiger partial charge on any atom is 0.340 e. The molecule has 0 atom stereocenters. The fraction of sp³-hybridized carbons (Fsp3) is 0.0909. The number of benzene rings is 1. The molecule has 2 rings (SSSR count). The second-order valence-corrected chi connectivity index (χ2v) is 4.16. The summed E-state index contributed by atoms with van der Waals surface area (Å²) in [7, 11) is 0. The van der Waals surface area contributed by atoms with E-state index in [-0.39, 0.29) is 5.56 Å². The number of hydrogen-bond acceptors (Lipinski definition) is 2. The standard InChI is InChI=1S/C11H9BrN2O2/c1-7-3-2-4-8(5-7)14-10(12)9(6-13-14)11(15)16/h2-6H,1H3,(H,15,16). The highest BCUT2D eigenvalue weighted by Crippen LogP contribution is 2.21. The molecule has 0 saturated carbocycles. The molecule has 1 N–H and O–H groups in total. The van der Waals surface area contributed by atoms with E-state index in [1.165, 1.54) is 6.20 Å². The van der Waals surface area contributed by atoms with E-state index in [4.69, 9.17) is 5.11 Å². The van der Waals surface area contributed by atoms with Gasteiger partial charge in [0.1, 0.15) is 10.2 Å². The maximum atomic E-state index is 10.9. The van der Waals surface area contributed by atoms with Gasteiger partial charge in [0.05, 0.1) is 11.9 Å². The first-order valence-corrected chi connectivity index (χ1v) is 5.43. The van der Waals surface area contributed by atoms with Crippen LogP contribution in [-0.4, -0.2) is 20.9 Å². The molecular weight excluding hydrogens is 272 g/mol. The summed E-state index contributed by atoms with van der Waals surface area (Å²) in [6.07, 6.45) is 1.33. The van der Waals surface area contributed by atoms with Crippen LogP contribution in [0.3, 0.4) is 0 Å². The van der Waals surface area contributed by atoms with Gasteiger partial charge in [-0.1, -0.05) is 12.1 Å². The van der Waals surface area contributed by atoms with Crippen LogP contribution >= 0.6 is 15.9 Å². The molecule has 0 unspecified atom stereocenters. The second kappa shape index (κ2) is 4.09. The molecule has 0 radical (unpaired) electrons. The zero-order valence-electron chi connectivity index (χ0n) is 8.51. The monoisotopic (exact) mass is 280 g/mol. The van der Waals surface area contributed by atoms with Crippen molar-refractivity contribution in [1.82, 2.24) is 9.78 Å². The van der Waals surface area contributed by atoms with Crippen LogP contribution < -0.4 is 0 Å². The molecule has 0 amide bonds. The Kier molecular flexibility index (Phi) is 2.78. The molecule has 0 aliphatic heterocycles. The average Bonchev–Trinajstić information content (AvgIpc) is 2.60. The van der Waals surface area contributed by atoms with Crippen molar-refractivity contribution in [2.45, 2.75) is 6.92 Å². The van der Waals surface area contributed by atoms with Crippen LogP contribution in [0.15, 0.2) is 35.1 Å². The Morgan fingerprint density at radius 1 is 1.50 bits per heavy atom. The molecule has 0 bridgehead atoms. The first kappa shape index (κ1) is 10.9. The largest absolute Gasteiger partial charge is 0.478 e. The summed E-state index contributed by atoms with van der Waals surface area (Å²) in [5, 5.41) is 12.9. The highest BCUT2D eigenvalue weighted by molar-refractivity contribution is 9.10. The Morgan fingerprint density at radius 2 is 2.25 bits per heavy atom. The van der Waals surface area contributed by atoms with Crippen LogP contribution in [0.25, 0.3) is 5.69 Å². The van der Waals surface area contributed by atoms with Gasteiger partial charge in [-0.05, 0) is 40.5 Å². The average molecular weight is 281 g/mol. The molecular formula is C11H9BrN2O2. The van der Waals surface area contributed by atoms with Gasteiger partial charge >= 0.3 is 5.97 Å². The van der Waals surface area contributed by atoms with Crippen molar-refractivity contribution in [1.29, 1.82) is 0 Å². The Balaban J connectivity index is 2.53. The number of carbonyl (C=O) groups is 1. The molecule has 0 saturated heterocycles. The molecule has 82 valence electrons. The molecule has 0 spiro atoms. The predicted molar refractivity (Wildman–Crippen MR) is 63.0 cm³/mol. The van der Waals surface area contributed by atoms with Gasteiger partial charge in [-0.25, -0.2) is 9.48 Å². The Hall–Kier alpha value is -1.62. The highest BCUT2D eigenvalue weighted by atomic mass is 79.9. The van der Waals surface area contributed by atoms with E-state index in [9.17, 15) is 4.79 Å². The van der Waals surface area contributed by atoms with Crippen molar-refractivity contribution >= 4 is 21.9 Å². The quantitative estimate of drug-likeness (QED) is 0.920. The molecule has 16 heavy (non-hydrogen) atoms. The Morgan fingerprint density at radius 3 is 2.81 bits per heavy atom. The van der Waals surface area contributed by atoms with Gasteiger partial charge in [0.15, 0.2) is 0 Å². The third-order valence-electron chi connectivity index (χ3n) is 2.19. The summed E-state index contributed by atoms with van der Waals surface area (Å²) in [5.41, 5.74) is 2.08. The first-order valence-electron chi connectivity index (χ1n) is 4.63. The smallest absolute Gasteiger partial charge is 0.340 e. The van der Waals surface area contributed by atoms with Gasteiger partial charge in [0.2, 0.25) is 0 Å². The molecule has 2 aromatic rings. The zero-order chi connectivity index (χ0) is 11.7. The van der Waals surface area contributed by atoms with Crippen molar-refractivity contribution in [3.8, 4) is 5.69 Å². The Labute approximate surface area is 101 Å². The summed E-state index contributed by atoms with van der Waals surface area (Å²) in [5.74, 6) is -0.995. The Bertz CT molecular complexity index is 549. The van der Waals surface area contributed by atoms with Gasteiger partial charge in [-0.3, -0.25) is 0 Å². The molecule has 1 heterocycles. The number of carboxylic acid groups (broad SMARTS) is 1. The predicted octanol–water partition coefficient (Wildman–Crippen LogP) is 2.64. The topological polar surface area (TPSA) is 55.1 Å². The van der Waals surface area contributed by atoms with E-state index >= 15 is 0 Å².